The lowest BCUT2D eigenvalue weighted by Gasteiger charge is -2.19. The van der Waals surface area contributed by atoms with Gasteiger partial charge in [-0.2, -0.15) is 13.2 Å². The normalized spacial score (nSPS) is 23.5. The molecule has 0 radical (unpaired) electrons. The summed E-state index contributed by atoms with van der Waals surface area (Å²) in [5.41, 5.74) is 1.86. The molecule has 1 N–H and O–H groups in total. The lowest BCUT2D eigenvalue weighted by Crippen LogP contribution is -2.33. The molecule has 2 atom stereocenters. The van der Waals surface area contributed by atoms with Crippen LogP contribution in [-0.4, -0.2) is 35.2 Å². The summed E-state index contributed by atoms with van der Waals surface area (Å²) >= 11 is 3.38. The SMILES string of the molecule is Cc1c(Br)cccc1CN1C[C@@H](C(F)(F)F)[C@H](C(=O)O)C1. The maximum absolute atomic E-state index is 12.9. The van der Waals surface area contributed by atoms with Gasteiger partial charge in [-0.3, -0.25) is 9.69 Å². The molecular weight excluding hydrogens is 351 g/mol. The Morgan fingerprint density at radius 3 is 2.62 bits per heavy atom. The summed E-state index contributed by atoms with van der Waals surface area (Å²) in [6.45, 7) is 1.85. The maximum Gasteiger partial charge on any atom is 0.393 e. The van der Waals surface area contributed by atoms with E-state index in [-0.39, 0.29) is 13.1 Å². The first kappa shape index (κ1) is 16.3. The van der Waals surface area contributed by atoms with E-state index in [1.165, 1.54) is 0 Å². The summed E-state index contributed by atoms with van der Waals surface area (Å²) in [5, 5.41) is 9.00. The molecular formula is C14H15BrF3NO2. The number of rotatable bonds is 3. The Labute approximate surface area is 128 Å². The second-order valence-electron chi connectivity index (χ2n) is 5.31. The summed E-state index contributed by atoms with van der Waals surface area (Å²) in [5.74, 6) is -4.58. The summed E-state index contributed by atoms with van der Waals surface area (Å²) in [4.78, 5) is 12.6. The Bertz CT molecular complexity index is 548. The fraction of sp³-hybridized carbons (Fsp3) is 0.500. The lowest BCUT2D eigenvalue weighted by molar-refractivity contribution is -0.188. The number of hydrogen-bond acceptors (Lipinski definition) is 2. The highest BCUT2D eigenvalue weighted by Crippen LogP contribution is 2.38. The number of alkyl halides is 3. The molecule has 0 aromatic heterocycles. The number of carbonyl (C=O) groups is 1. The number of hydrogen-bond donors (Lipinski definition) is 1. The minimum Gasteiger partial charge on any atom is -0.481 e. The van der Waals surface area contributed by atoms with Crippen molar-refractivity contribution in [1.29, 1.82) is 0 Å². The number of carboxylic acids is 1. The van der Waals surface area contributed by atoms with E-state index in [0.29, 0.717) is 6.54 Å². The van der Waals surface area contributed by atoms with Gasteiger partial charge in [0.15, 0.2) is 0 Å². The van der Waals surface area contributed by atoms with E-state index in [0.717, 1.165) is 15.6 Å². The summed E-state index contributed by atoms with van der Waals surface area (Å²) in [6.07, 6.45) is -4.48. The van der Waals surface area contributed by atoms with Gasteiger partial charge in [-0.15, -0.1) is 0 Å². The highest BCUT2D eigenvalue weighted by Gasteiger charge is 2.52. The van der Waals surface area contributed by atoms with Gasteiger partial charge in [0.2, 0.25) is 0 Å². The molecule has 21 heavy (non-hydrogen) atoms. The third-order valence-corrected chi connectivity index (χ3v) is 4.77. The first-order valence-corrected chi connectivity index (χ1v) is 7.25. The number of halogens is 4. The molecule has 1 heterocycles. The molecule has 3 nitrogen and oxygen atoms in total. The number of carboxylic acid groups (broad SMARTS) is 1. The minimum absolute atomic E-state index is 0.0779. The van der Waals surface area contributed by atoms with Crippen molar-refractivity contribution in [2.75, 3.05) is 13.1 Å². The van der Waals surface area contributed by atoms with Crippen molar-refractivity contribution in [3.8, 4) is 0 Å². The van der Waals surface area contributed by atoms with Crippen molar-refractivity contribution in [1.82, 2.24) is 4.90 Å². The van der Waals surface area contributed by atoms with Crippen LogP contribution in [0.15, 0.2) is 22.7 Å². The van der Waals surface area contributed by atoms with E-state index >= 15 is 0 Å². The van der Waals surface area contributed by atoms with Crippen molar-refractivity contribution >= 4 is 21.9 Å². The van der Waals surface area contributed by atoms with Crippen LogP contribution in [0.5, 0.6) is 0 Å². The smallest absolute Gasteiger partial charge is 0.393 e. The van der Waals surface area contributed by atoms with Gasteiger partial charge in [0, 0.05) is 24.1 Å². The van der Waals surface area contributed by atoms with Gasteiger partial charge < -0.3 is 5.11 Å². The van der Waals surface area contributed by atoms with Crippen LogP contribution in [0.2, 0.25) is 0 Å². The fourth-order valence-electron chi connectivity index (χ4n) is 2.66. The molecule has 1 aromatic carbocycles. The zero-order valence-corrected chi connectivity index (χ0v) is 12.9. The van der Waals surface area contributed by atoms with Crippen LogP contribution >= 0.6 is 15.9 Å². The number of nitrogens with zero attached hydrogens (tertiary/aromatic N) is 1. The third-order valence-electron chi connectivity index (χ3n) is 3.91. The monoisotopic (exact) mass is 365 g/mol. The zero-order valence-electron chi connectivity index (χ0n) is 11.3. The van der Waals surface area contributed by atoms with Crippen LogP contribution < -0.4 is 0 Å². The van der Waals surface area contributed by atoms with Crippen molar-refractivity contribution < 1.29 is 23.1 Å². The Balaban J connectivity index is 2.16. The van der Waals surface area contributed by atoms with Crippen LogP contribution in [0.4, 0.5) is 13.2 Å². The van der Waals surface area contributed by atoms with Crippen molar-refractivity contribution in [2.24, 2.45) is 11.8 Å². The highest BCUT2D eigenvalue weighted by atomic mass is 79.9. The Morgan fingerprint density at radius 1 is 1.43 bits per heavy atom. The summed E-state index contributed by atoms with van der Waals surface area (Å²) in [6, 6.07) is 5.52. The van der Waals surface area contributed by atoms with E-state index in [2.05, 4.69) is 15.9 Å². The molecule has 0 amide bonds. The fourth-order valence-corrected chi connectivity index (χ4v) is 3.07. The average Bonchev–Trinajstić information content (AvgIpc) is 2.79. The molecule has 1 aliphatic heterocycles. The molecule has 116 valence electrons. The molecule has 0 aliphatic carbocycles. The summed E-state index contributed by atoms with van der Waals surface area (Å²) in [7, 11) is 0. The minimum atomic E-state index is -4.48. The van der Waals surface area contributed by atoms with E-state index in [9.17, 15) is 18.0 Å². The van der Waals surface area contributed by atoms with E-state index < -0.39 is 24.0 Å². The second kappa shape index (κ2) is 5.96. The lowest BCUT2D eigenvalue weighted by atomic mass is 9.96. The van der Waals surface area contributed by atoms with Crippen LogP contribution in [0.25, 0.3) is 0 Å². The van der Waals surface area contributed by atoms with Gasteiger partial charge in [0.1, 0.15) is 0 Å². The Kier molecular flexibility index (Phi) is 4.63. The Morgan fingerprint density at radius 2 is 2.10 bits per heavy atom. The molecule has 1 aromatic rings. The van der Waals surface area contributed by atoms with Crippen LogP contribution in [0.1, 0.15) is 11.1 Å². The molecule has 1 aliphatic rings. The van der Waals surface area contributed by atoms with Gasteiger partial charge in [-0.1, -0.05) is 28.1 Å². The van der Waals surface area contributed by atoms with E-state index in [1.807, 2.05) is 25.1 Å². The van der Waals surface area contributed by atoms with E-state index in [4.69, 9.17) is 5.11 Å². The molecule has 0 saturated carbocycles. The molecule has 0 unspecified atom stereocenters. The number of likely N-dealkylation sites (tertiary alicyclic amines) is 1. The van der Waals surface area contributed by atoms with Crippen LogP contribution in [-0.2, 0) is 11.3 Å². The van der Waals surface area contributed by atoms with E-state index in [1.54, 1.807) is 4.90 Å². The summed E-state index contributed by atoms with van der Waals surface area (Å²) < 4.78 is 39.7. The first-order valence-electron chi connectivity index (χ1n) is 6.46. The topological polar surface area (TPSA) is 40.5 Å². The zero-order chi connectivity index (χ0) is 15.8. The molecule has 7 heteroatoms. The number of benzene rings is 1. The quantitative estimate of drug-likeness (QED) is 0.891. The van der Waals surface area contributed by atoms with Crippen molar-refractivity contribution in [2.45, 2.75) is 19.6 Å². The van der Waals surface area contributed by atoms with Crippen molar-refractivity contribution in [3.63, 3.8) is 0 Å². The predicted octanol–water partition coefficient (Wildman–Crippen LogP) is 3.45. The molecule has 1 saturated heterocycles. The average molecular weight is 366 g/mol. The third kappa shape index (κ3) is 3.58. The highest BCUT2D eigenvalue weighted by molar-refractivity contribution is 9.10. The van der Waals surface area contributed by atoms with Gasteiger partial charge in [0.05, 0.1) is 11.8 Å². The molecule has 0 spiro atoms. The first-order chi connectivity index (χ1) is 9.70. The Hall–Kier alpha value is -1.08. The van der Waals surface area contributed by atoms with Gasteiger partial charge >= 0.3 is 12.1 Å². The second-order valence-corrected chi connectivity index (χ2v) is 6.17. The molecule has 2 rings (SSSR count). The van der Waals surface area contributed by atoms with Gasteiger partial charge in [-0.25, -0.2) is 0 Å². The number of aliphatic carboxylic acids is 1. The van der Waals surface area contributed by atoms with Crippen LogP contribution in [0, 0.1) is 18.8 Å². The largest absolute Gasteiger partial charge is 0.481 e. The van der Waals surface area contributed by atoms with Gasteiger partial charge in [0.25, 0.3) is 0 Å². The van der Waals surface area contributed by atoms with Gasteiger partial charge in [-0.05, 0) is 24.1 Å². The maximum atomic E-state index is 12.9. The van der Waals surface area contributed by atoms with Crippen LogP contribution in [0.3, 0.4) is 0 Å². The predicted molar refractivity (Wildman–Crippen MR) is 74.8 cm³/mol. The molecule has 0 bridgehead atoms. The standard InChI is InChI=1S/C14H15BrF3NO2/c1-8-9(3-2-4-12(8)15)5-19-6-10(13(20)21)11(7-19)14(16,17)18/h2-4,10-11H,5-7H2,1H3,(H,20,21)/t10-,11-/m1/s1. The molecule has 1 fully saturated rings. The van der Waals surface area contributed by atoms with Crippen molar-refractivity contribution in [3.05, 3.63) is 33.8 Å².